The average Bonchev–Trinajstić information content (AvgIpc) is 2.76. The van der Waals surface area contributed by atoms with Crippen LogP contribution in [0.4, 0.5) is 0 Å². The summed E-state index contributed by atoms with van der Waals surface area (Å²) in [7, 11) is 0. The van der Waals surface area contributed by atoms with Crippen LogP contribution in [0.25, 0.3) is 6.08 Å². The molecule has 4 nitrogen and oxygen atoms in total. The van der Waals surface area contributed by atoms with Gasteiger partial charge in [-0.3, -0.25) is 14.7 Å². The van der Waals surface area contributed by atoms with E-state index in [4.69, 9.17) is 0 Å². The molecule has 110 valence electrons. The van der Waals surface area contributed by atoms with E-state index in [1.54, 1.807) is 0 Å². The smallest absolute Gasteiger partial charge is 0.253 e. The predicted molar refractivity (Wildman–Crippen MR) is 85.1 cm³/mol. The molecule has 0 radical (unpaired) electrons. The number of aliphatic imine (C=N–C) groups is 1. The van der Waals surface area contributed by atoms with Crippen molar-refractivity contribution < 1.29 is 4.79 Å². The number of hydrogen-bond acceptors (Lipinski definition) is 3. The van der Waals surface area contributed by atoms with Crippen molar-refractivity contribution in [1.82, 2.24) is 10.2 Å². The van der Waals surface area contributed by atoms with E-state index in [-0.39, 0.29) is 5.91 Å². The number of amidine groups is 1. The standard InChI is InChI=1S/C17H21N3O/c1-14-18-16(21)17(19-14)9-12-20(13-10-17)11-5-8-15-6-3-2-4-7-15/h2-8H,9-13H2,1H3,(H,18,19,21)/b8-5+. The van der Waals surface area contributed by atoms with Gasteiger partial charge < -0.3 is 5.32 Å². The van der Waals surface area contributed by atoms with E-state index >= 15 is 0 Å². The SMILES string of the molecule is CC1=NC2(CCN(C/C=C/c3ccccc3)CC2)C(=O)N1. The van der Waals surface area contributed by atoms with Gasteiger partial charge in [0.25, 0.3) is 5.91 Å². The number of likely N-dealkylation sites (tertiary alicyclic amines) is 1. The van der Waals surface area contributed by atoms with E-state index in [0.717, 1.165) is 38.3 Å². The molecule has 0 aromatic heterocycles. The summed E-state index contributed by atoms with van der Waals surface area (Å²) in [4.78, 5) is 18.9. The molecule has 0 saturated carbocycles. The van der Waals surface area contributed by atoms with E-state index < -0.39 is 5.54 Å². The summed E-state index contributed by atoms with van der Waals surface area (Å²) in [6, 6.07) is 10.3. The maximum Gasteiger partial charge on any atom is 0.253 e. The minimum atomic E-state index is -0.482. The van der Waals surface area contributed by atoms with Crippen LogP contribution in [0.5, 0.6) is 0 Å². The zero-order chi connectivity index (χ0) is 14.7. The molecule has 1 fully saturated rings. The molecule has 1 amide bonds. The molecule has 3 rings (SSSR count). The minimum Gasteiger partial charge on any atom is -0.313 e. The number of hydrogen-bond donors (Lipinski definition) is 1. The van der Waals surface area contributed by atoms with Crippen molar-refractivity contribution in [3.05, 3.63) is 42.0 Å². The Morgan fingerprint density at radius 2 is 2.00 bits per heavy atom. The molecule has 1 aromatic rings. The van der Waals surface area contributed by atoms with Crippen LogP contribution in [0, 0.1) is 0 Å². The van der Waals surface area contributed by atoms with Crippen molar-refractivity contribution in [2.24, 2.45) is 4.99 Å². The third kappa shape index (κ3) is 3.05. The van der Waals surface area contributed by atoms with Crippen molar-refractivity contribution in [3.63, 3.8) is 0 Å². The summed E-state index contributed by atoms with van der Waals surface area (Å²) in [5, 5.41) is 2.84. The highest BCUT2D eigenvalue weighted by Crippen LogP contribution is 2.29. The van der Waals surface area contributed by atoms with Gasteiger partial charge in [-0.15, -0.1) is 0 Å². The molecule has 0 atom stereocenters. The van der Waals surface area contributed by atoms with Crippen LogP contribution in [0.3, 0.4) is 0 Å². The van der Waals surface area contributed by atoms with Crippen molar-refractivity contribution in [2.45, 2.75) is 25.3 Å². The van der Waals surface area contributed by atoms with Gasteiger partial charge in [-0.2, -0.15) is 0 Å². The summed E-state index contributed by atoms with van der Waals surface area (Å²) in [5.74, 6) is 0.844. The van der Waals surface area contributed by atoms with Crippen LogP contribution >= 0.6 is 0 Å². The second-order valence-electron chi connectivity index (χ2n) is 5.80. The Labute approximate surface area is 125 Å². The number of nitrogens with zero attached hydrogens (tertiary/aromatic N) is 2. The van der Waals surface area contributed by atoms with Gasteiger partial charge >= 0.3 is 0 Å². The van der Waals surface area contributed by atoms with Crippen LogP contribution in [-0.4, -0.2) is 41.8 Å². The Balaban J connectivity index is 1.53. The topological polar surface area (TPSA) is 44.7 Å². The zero-order valence-electron chi connectivity index (χ0n) is 12.4. The molecule has 1 spiro atoms. The Hall–Kier alpha value is -1.94. The first-order valence-electron chi connectivity index (χ1n) is 7.50. The van der Waals surface area contributed by atoms with E-state index in [1.807, 2.05) is 25.1 Å². The van der Waals surface area contributed by atoms with Crippen LogP contribution in [0.2, 0.25) is 0 Å². The van der Waals surface area contributed by atoms with Gasteiger partial charge in [0.05, 0.1) is 0 Å². The summed E-state index contributed by atoms with van der Waals surface area (Å²) in [5.41, 5.74) is 0.741. The molecule has 0 bridgehead atoms. The summed E-state index contributed by atoms with van der Waals surface area (Å²) in [6.07, 6.45) is 5.97. The van der Waals surface area contributed by atoms with Gasteiger partial charge in [0.15, 0.2) is 0 Å². The van der Waals surface area contributed by atoms with Gasteiger partial charge in [0.1, 0.15) is 11.4 Å². The number of piperidine rings is 1. The first kappa shape index (κ1) is 14.0. The summed E-state index contributed by atoms with van der Waals surface area (Å²) < 4.78 is 0. The largest absolute Gasteiger partial charge is 0.313 e. The Bertz CT molecular complexity index is 569. The molecular weight excluding hydrogens is 262 g/mol. The predicted octanol–water partition coefficient (Wildman–Crippen LogP) is 2.08. The molecule has 1 N–H and O–H groups in total. The van der Waals surface area contributed by atoms with Crippen molar-refractivity contribution in [2.75, 3.05) is 19.6 Å². The van der Waals surface area contributed by atoms with Crippen LogP contribution in [0.15, 0.2) is 41.4 Å². The molecule has 1 aromatic carbocycles. The fourth-order valence-electron chi connectivity index (χ4n) is 3.03. The fourth-order valence-corrected chi connectivity index (χ4v) is 3.03. The lowest BCUT2D eigenvalue weighted by atomic mass is 9.88. The molecule has 0 unspecified atom stereocenters. The van der Waals surface area contributed by atoms with Crippen LogP contribution in [0.1, 0.15) is 25.3 Å². The maximum atomic E-state index is 12.0. The van der Waals surface area contributed by atoms with E-state index in [2.05, 4.69) is 39.5 Å². The molecule has 1 saturated heterocycles. The number of amides is 1. The van der Waals surface area contributed by atoms with Gasteiger partial charge in [0, 0.05) is 19.6 Å². The van der Waals surface area contributed by atoms with Crippen molar-refractivity contribution in [3.8, 4) is 0 Å². The molecule has 4 heteroatoms. The fraction of sp³-hybridized carbons (Fsp3) is 0.412. The van der Waals surface area contributed by atoms with E-state index in [0.29, 0.717) is 0 Å². The lowest BCUT2D eigenvalue weighted by Crippen LogP contribution is -2.48. The number of nitrogens with one attached hydrogen (secondary N) is 1. The number of rotatable bonds is 3. The molecular formula is C17H21N3O. The van der Waals surface area contributed by atoms with Crippen molar-refractivity contribution >= 4 is 17.8 Å². The third-order valence-corrected chi connectivity index (χ3v) is 4.26. The third-order valence-electron chi connectivity index (χ3n) is 4.26. The van der Waals surface area contributed by atoms with Crippen LogP contribution < -0.4 is 5.32 Å². The van der Waals surface area contributed by atoms with Crippen LogP contribution in [-0.2, 0) is 4.79 Å². The molecule has 2 heterocycles. The second-order valence-corrected chi connectivity index (χ2v) is 5.80. The Kier molecular flexibility index (Phi) is 3.88. The van der Waals surface area contributed by atoms with E-state index in [9.17, 15) is 4.79 Å². The molecule has 0 aliphatic carbocycles. The lowest BCUT2D eigenvalue weighted by Gasteiger charge is -2.34. The lowest BCUT2D eigenvalue weighted by molar-refractivity contribution is -0.125. The Morgan fingerprint density at radius 1 is 1.29 bits per heavy atom. The monoisotopic (exact) mass is 283 g/mol. The van der Waals surface area contributed by atoms with Gasteiger partial charge in [0.2, 0.25) is 0 Å². The van der Waals surface area contributed by atoms with Gasteiger partial charge in [-0.1, -0.05) is 42.5 Å². The minimum absolute atomic E-state index is 0.0828. The first-order chi connectivity index (χ1) is 10.2. The Morgan fingerprint density at radius 3 is 2.62 bits per heavy atom. The van der Waals surface area contributed by atoms with Crippen molar-refractivity contribution in [1.29, 1.82) is 0 Å². The molecule has 2 aliphatic heterocycles. The average molecular weight is 283 g/mol. The zero-order valence-corrected chi connectivity index (χ0v) is 12.4. The highest BCUT2D eigenvalue weighted by molar-refractivity contribution is 6.07. The highest BCUT2D eigenvalue weighted by atomic mass is 16.2. The normalized spacial score (nSPS) is 21.8. The number of carbonyl (C=O) groups excluding carboxylic acids is 1. The van der Waals surface area contributed by atoms with E-state index in [1.165, 1.54) is 5.56 Å². The first-order valence-corrected chi connectivity index (χ1v) is 7.50. The molecule has 21 heavy (non-hydrogen) atoms. The maximum absolute atomic E-state index is 12.0. The van der Waals surface area contributed by atoms with Gasteiger partial charge in [-0.05, 0) is 25.3 Å². The highest BCUT2D eigenvalue weighted by Gasteiger charge is 2.44. The molecule has 2 aliphatic rings. The number of carbonyl (C=O) groups is 1. The second kappa shape index (κ2) is 5.82. The number of benzene rings is 1. The summed E-state index contributed by atoms with van der Waals surface area (Å²) >= 11 is 0. The quantitative estimate of drug-likeness (QED) is 0.923. The van der Waals surface area contributed by atoms with Gasteiger partial charge in [-0.25, -0.2) is 0 Å². The summed E-state index contributed by atoms with van der Waals surface area (Å²) in [6.45, 7) is 4.63.